The second-order valence-electron chi connectivity index (χ2n) is 9.37. The van der Waals surface area contributed by atoms with E-state index in [9.17, 15) is 14.0 Å². The first-order chi connectivity index (χ1) is 16.0. The van der Waals surface area contributed by atoms with E-state index in [4.69, 9.17) is 0 Å². The Balaban J connectivity index is 1.35. The monoisotopic (exact) mass is 451 g/mol. The molecule has 5 nitrogen and oxygen atoms in total. The first-order valence-electron chi connectivity index (χ1n) is 12.1. The molecule has 4 rings (SSSR count). The Morgan fingerprint density at radius 1 is 0.939 bits per heavy atom. The molecule has 1 aliphatic heterocycles. The molecule has 2 aliphatic rings. The van der Waals surface area contributed by atoms with Crippen LogP contribution in [0.15, 0.2) is 48.5 Å². The summed E-state index contributed by atoms with van der Waals surface area (Å²) in [4.78, 5) is 32.2. The largest absolute Gasteiger partial charge is 0.340 e. The molecule has 2 fully saturated rings. The Labute approximate surface area is 196 Å². The van der Waals surface area contributed by atoms with Crippen LogP contribution in [0, 0.1) is 18.7 Å². The minimum Gasteiger partial charge on any atom is -0.340 e. The van der Waals surface area contributed by atoms with Crippen LogP contribution < -0.4 is 0 Å². The standard InChI is InChI=1S/C27H34FN3O2/c1-21-6-10-24(11-7-21)27(33)31(20-22-8-12-25(28)13-9-22)19-16-29-14-17-30(18-15-29)26(32)23-4-2-3-5-23/h6-13,23H,2-5,14-20H2,1H3. The van der Waals surface area contributed by atoms with Crippen molar-refractivity contribution in [3.8, 4) is 0 Å². The summed E-state index contributed by atoms with van der Waals surface area (Å²) in [6.45, 7) is 6.97. The summed E-state index contributed by atoms with van der Waals surface area (Å²) in [6.07, 6.45) is 4.43. The number of benzene rings is 2. The van der Waals surface area contributed by atoms with Gasteiger partial charge in [-0.05, 0) is 49.6 Å². The summed E-state index contributed by atoms with van der Waals surface area (Å²) in [6, 6.07) is 14.0. The van der Waals surface area contributed by atoms with E-state index in [1.165, 1.54) is 25.0 Å². The molecule has 0 aromatic heterocycles. The van der Waals surface area contributed by atoms with Gasteiger partial charge in [0, 0.05) is 57.3 Å². The van der Waals surface area contributed by atoms with Crippen molar-refractivity contribution in [2.75, 3.05) is 39.3 Å². The first kappa shape index (κ1) is 23.4. The molecule has 0 unspecified atom stereocenters. The van der Waals surface area contributed by atoms with Crippen LogP contribution in [0.5, 0.6) is 0 Å². The van der Waals surface area contributed by atoms with Gasteiger partial charge in [-0.15, -0.1) is 0 Å². The van der Waals surface area contributed by atoms with Crippen molar-refractivity contribution in [1.29, 1.82) is 0 Å². The zero-order valence-electron chi connectivity index (χ0n) is 19.5. The molecule has 1 saturated heterocycles. The molecule has 2 amide bonds. The number of amides is 2. The number of aryl methyl sites for hydroxylation is 1. The summed E-state index contributed by atoms with van der Waals surface area (Å²) in [5.74, 6) is 0.268. The average molecular weight is 452 g/mol. The normalized spacial score (nSPS) is 17.3. The molecule has 1 heterocycles. The van der Waals surface area contributed by atoms with Crippen molar-refractivity contribution in [2.24, 2.45) is 5.92 Å². The Morgan fingerprint density at radius 3 is 2.21 bits per heavy atom. The highest BCUT2D eigenvalue weighted by atomic mass is 19.1. The van der Waals surface area contributed by atoms with Crippen molar-refractivity contribution in [3.05, 3.63) is 71.0 Å². The van der Waals surface area contributed by atoms with Gasteiger partial charge in [-0.1, -0.05) is 42.7 Å². The highest BCUT2D eigenvalue weighted by molar-refractivity contribution is 5.94. The minimum absolute atomic E-state index is 0.0191. The molecule has 1 aliphatic carbocycles. The van der Waals surface area contributed by atoms with Crippen molar-refractivity contribution in [1.82, 2.24) is 14.7 Å². The lowest BCUT2D eigenvalue weighted by Gasteiger charge is -2.37. The van der Waals surface area contributed by atoms with Gasteiger partial charge in [-0.25, -0.2) is 4.39 Å². The van der Waals surface area contributed by atoms with Crippen LogP contribution in [0.2, 0.25) is 0 Å². The quantitative estimate of drug-likeness (QED) is 0.636. The van der Waals surface area contributed by atoms with Gasteiger partial charge in [0.05, 0.1) is 0 Å². The number of nitrogens with zero attached hydrogens (tertiary/aromatic N) is 3. The Hall–Kier alpha value is -2.73. The fourth-order valence-corrected chi connectivity index (χ4v) is 4.83. The van der Waals surface area contributed by atoms with Crippen molar-refractivity contribution in [2.45, 2.75) is 39.2 Å². The topological polar surface area (TPSA) is 43.9 Å². The lowest BCUT2D eigenvalue weighted by molar-refractivity contribution is -0.137. The van der Waals surface area contributed by atoms with Crippen LogP contribution in [0.1, 0.15) is 47.2 Å². The zero-order chi connectivity index (χ0) is 23.2. The summed E-state index contributed by atoms with van der Waals surface area (Å²) in [5.41, 5.74) is 2.68. The molecular weight excluding hydrogens is 417 g/mol. The van der Waals surface area contributed by atoms with Crippen molar-refractivity contribution >= 4 is 11.8 Å². The van der Waals surface area contributed by atoms with E-state index in [0.717, 1.165) is 56.7 Å². The summed E-state index contributed by atoms with van der Waals surface area (Å²) >= 11 is 0. The summed E-state index contributed by atoms with van der Waals surface area (Å²) < 4.78 is 13.3. The Kier molecular flexibility index (Phi) is 7.76. The molecule has 0 atom stereocenters. The predicted molar refractivity (Wildman–Crippen MR) is 127 cm³/mol. The number of carbonyl (C=O) groups excluding carboxylic acids is 2. The second kappa shape index (κ2) is 10.9. The second-order valence-corrected chi connectivity index (χ2v) is 9.37. The number of rotatable bonds is 7. The van der Waals surface area contributed by atoms with Crippen LogP contribution in [0.4, 0.5) is 4.39 Å². The van der Waals surface area contributed by atoms with Gasteiger partial charge < -0.3 is 9.80 Å². The van der Waals surface area contributed by atoms with E-state index >= 15 is 0 Å². The highest BCUT2D eigenvalue weighted by Crippen LogP contribution is 2.27. The van der Waals surface area contributed by atoms with E-state index in [0.29, 0.717) is 24.6 Å². The number of halogens is 1. The maximum absolute atomic E-state index is 13.3. The van der Waals surface area contributed by atoms with Gasteiger partial charge in [0.25, 0.3) is 5.91 Å². The Bertz CT molecular complexity index is 931. The third-order valence-electron chi connectivity index (χ3n) is 6.95. The van der Waals surface area contributed by atoms with Crippen LogP contribution in [-0.2, 0) is 11.3 Å². The Morgan fingerprint density at radius 2 is 1.58 bits per heavy atom. The number of hydrogen-bond donors (Lipinski definition) is 0. The maximum Gasteiger partial charge on any atom is 0.254 e. The van der Waals surface area contributed by atoms with Gasteiger partial charge in [0.15, 0.2) is 0 Å². The molecule has 0 spiro atoms. The number of piperazine rings is 1. The summed E-state index contributed by atoms with van der Waals surface area (Å²) in [7, 11) is 0. The molecule has 33 heavy (non-hydrogen) atoms. The molecule has 1 saturated carbocycles. The third-order valence-corrected chi connectivity index (χ3v) is 6.95. The zero-order valence-corrected chi connectivity index (χ0v) is 19.5. The van der Waals surface area contributed by atoms with Crippen LogP contribution in [0.25, 0.3) is 0 Å². The maximum atomic E-state index is 13.3. The minimum atomic E-state index is -0.278. The number of hydrogen-bond acceptors (Lipinski definition) is 3. The van der Waals surface area contributed by atoms with Gasteiger partial charge >= 0.3 is 0 Å². The molecule has 2 aromatic carbocycles. The molecule has 176 valence electrons. The molecule has 6 heteroatoms. The van der Waals surface area contributed by atoms with Gasteiger partial charge in [0.2, 0.25) is 5.91 Å². The van der Waals surface area contributed by atoms with E-state index in [2.05, 4.69) is 4.90 Å². The van der Waals surface area contributed by atoms with Crippen molar-refractivity contribution < 1.29 is 14.0 Å². The summed E-state index contributed by atoms with van der Waals surface area (Å²) in [5, 5.41) is 0. The van der Waals surface area contributed by atoms with Crippen LogP contribution in [0.3, 0.4) is 0 Å². The fraction of sp³-hybridized carbons (Fsp3) is 0.481. The number of carbonyl (C=O) groups is 2. The van der Waals surface area contributed by atoms with E-state index in [1.807, 2.05) is 41.0 Å². The van der Waals surface area contributed by atoms with Gasteiger partial charge in [-0.3, -0.25) is 14.5 Å². The molecule has 0 N–H and O–H groups in total. The highest BCUT2D eigenvalue weighted by Gasteiger charge is 2.29. The fourth-order valence-electron chi connectivity index (χ4n) is 4.83. The third kappa shape index (κ3) is 6.20. The van der Waals surface area contributed by atoms with E-state index in [-0.39, 0.29) is 17.6 Å². The molecule has 0 radical (unpaired) electrons. The van der Waals surface area contributed by atoms with E-state index < -0.39 is 0 Å². The molecule has 0 bridgehead atoms. The SMILES string of the molecule is Cc1ccc(C(=O)N(CCN2CCN(C(=O)C3CCCC3)CC2)Cc2ccc(F)cc2)cc1. The lowest BCUT2D eigenvalue weighted by Crippen LogP contribution is -2.51. The van der Waals surface area contributed by atoms with Gasteiger partial charge in [-0.2, -0.15) is 0 Å². The lowest BCUT2D eigenvalue weighted by atomic mass is 10.1. The average Bonchev–Trinajstić information content (AvgIpc) is 3.38. The van der Waals surface area contributed by atoms with Crippen LogP contribution >= 0.6 is 0 Å². The molecule has 2 aromatic rings. The van der Waals surface area contributed by atoms with Crippen molar-refractivity contribution in [3.63, 3.8) is 0 Å². The van der Waals surface area contributed by atoms with E-state index in [1.54, 1.807) is 12.1 Å². The molecular formula is C27H34FN3O2. The van der Waals surface area contributed by atoms with Gasteiger partial charge in [0.1, 0.15) is 5.82 Å². The first-order valence-corrected chi connectivity index (χ1v) is 12.1. The van der Waals surface area contributed by atoms with Crippen LogP contribution in [-0.4, -0.2) is 65.8 Å². The smallest absolute Gasteiger partial charge is 0.254 e. The predicted octanol–water partition coefficient (Wildman–Crippen LogP) is 4.11.